The van der Waals surface area contributed by atoms with Crippen molar-refractivity contribution >= 4 is 0 Å². The van der Waals surface area contributed by atoms with E-state index in [2.05, 4.69) is 70.9 Å². The van der Waals surface area contributed by atoms with Gasteiger partial charge in [-0.2, -0.15) is 5.06 Å². The summed E-state index contributed by atoms with van der Waals surface area (Å²) in [6, 6.07) is 9.68. The average molecular weight is 374 g/mol. The molecule has 4 unspecified atom stereocenters. The molecule has 3 nitrogen and oxygen atoms in total. The first-order chi connectivity index (χ1) is 13.0. The molecule has 3 rings (SSSR count). The molecule has 3 heteroatoms. The minimum atomic E-state index is -0.0123. The van der Waals surface area contributed by atoms with Crippen molar-refractivity contribution in [1.29, 1.82) is 0 Å². The molecular formula is C24H39NO2. The van der Waals surface area contributed by atoms with Gasteiger partial charge in [0.25, 0.3) is 0 Å². The van der Waals surface area contributed by atoms with Crippen molar-refractivity contribution in [2.45, 2.75) is 97.2 Å². The van der Waals surface area contributed by atoms with Gasteiger partial charge in [-0.15, -0.1) is 0 Å². The summed E-state index contributed by atoms with van der Waals surface area (Å²) in [6.07, 6.45) is 5.83. The maximum absolute atomic E-state index is 6.75. The number of hydroxylamine groups is 2. The molecule has 0 spiro atoms. The molecule has 1 aromatic rings. The first-order valence-electron chi connectivity index (χ1n) is 11.2. The standard InChI is InChI=1S/C24H39NO2/c1-7-18-15-19(20-13-11-12-14-22(20)26-10-4)16-21-23(18)25(17(5)6)27-24(21,8-2)9-3/h11-14,17-19,21,23H,7-10,15-16H2,1-6H3. The lowest BCUT2D eigenvalue weighted by Crippen LogP contribution is -2.47. The van der Waals surface area contributed by atoms with Gasteiger partial charge >= 0.3 is 0 Å². The Hall–Kier alpha value is -1.06. The lowest BCUT2D eigenvalue weighted by molar-refractivity contribution is -0.228. The fourth-order valence-electron chi connectivity index (χ4n) is 5.75. The third kappa shape index (κ3) is 3.65. The monoisotopic (exact) mass is 373 g/mol. The normalized spacial score (nSPS) is 30.5. The summed E-state index contributed by atoms with van der Waals surface area (Å²) in [5, 5.41) is 2.37. The van der Waals surface area contributed by atoms with Crippen molar-refractivity contribution in [3.8, 4) is 5.75 Å². The van der Waals surface area contributed by atoms with Crippen LogP contribution in [0.15, 0.2) is 24.3 Å². The Morgan fingerprint density at radius 3 is 2.41 bits per heavy atom. The Bertz CT molecular complexity index is 610. The van der Waals surface area contributed by atoms with Crippen LogP contribution in [0, 0.1) is 11.8 Å². The van der Waals surface area contributed by atoms with E-state index < -0.39 is 0 Å². The molecule has 0 amide bonds. The quantitative estimate of drug-likeness (QED) is 0.569. The van der Waals surface area contributed by atoms with Crippen LogP contribution in [-0.4, -0.2) is 29.4 Å². The maximum atomic E-state index is 6.75. The number of rotatable bonds is 7. The van der Waals surface area contributed by atoms with Crippen molar-refractivity contribution < 1.29 is 9.57 Å². The Morgan fingerprint density at radius 2 is 1.81 bits per heavy atom. The van der Waals surface area contributed by atoms with Crippen LogP contribution in [0.4, 0.5) is 0 Å². The number of ether oxygens (including phenoxy) is 1. The van der Waals surface area contributed by atoms with Crippen LogP contribution in [0.25, 0.3) is 0 Å². The van der Waals surface area contributed by atoms with Crippen LogP contribution in [-0.2, 0) is 4.84 Å². The molecular weight excluding hydrogens is 334 g/mol. The lowest BCUT2D eigenvalue weighted by Gasteiger charge is -2.43. The van der Waals surface area contributed by atoms with E-state index in [1.54, 1.807) is 0 Å². The SMILES string of the molecule is CCOc1ccccc1C1CC(CC)C2C(C1)C(CC)(CC)ON2C(C)C. The second-order valence-corrected chi connectivity index (χ2v) is 8.72. The molecule has 152 valence electrons. The summed E-state index contributed by atoms with van der Waals surface area (Å²) in [6.45, 7) is 14.3. The molecule has 1 aromatic carbocycles. The molecule has 1 saturated carbocycles. The van der Waals surface area contributed by atoms with E-state index >= 15 is 0 Å². The van der Waals surface area contributed by atoms with E-state index in [1.165, 1.54) is 24.8 Å². The van der Waals surface area contributed by atoms with Crippen LogP contribution >= 0.6 is 0 Å². The minimum absolute atomic E-state index is 0.0123. The zero-order chi connectivity index (χ0) is 19.6. The molecule has 1 saturated heterocycles. The molecule has 0 aromatic heterocycles. The van der Waals surface area contributed by atoms with E-state index in [4.69, 9.17) is 9.57 Å². The van der Waals surface area contributed by atoms with Gasteiger partial charge in [0.1, 0.15) is 5.75 Å². The topological polar surface area (TPSA) is 21.7 Å². The van der Waals surface area contributed by atoms with Gasteiger partial charge < -0.3 is 4.74 Å². The fourth-order valence-corrected chi connectivity index (χ4v) is 5.75. The number of para-hydroxylation sites is 1. The number of nitrogens with zero attached hydrogens (tertiary/aromatic N) is 1. The lowest BCUT2D eigenvalue weighted by atomic mass is 9.63. The zero-order valence-corrected chi connectivity index (χ0v) is 18.2. The Balaban J connectivity index is 1.98. The predicted octanol–water partition coefficient (Wildman–Crippen LogP) is 6.19. The van der Waals surface area contributed by atoms with Crippen molar-refractivity contribution in [2.24, 2.45) is 11.8 Å². The van der Waals surface area contributed by atoms with Crippen LogP contribution in [0.2, 0.25) is 0 Å². The zero-order valence-electron chi connectivity index (χ0n) is 18.2. The van der Waals surface area contributed by atoms with E-state index in [-0.39, 0.29) is 5.60 Å². The maximum Gasteiger partial charge on any atom is 0.122 e. The third-order valence-corrected chi connectivity index (χ3v) is 7.17. The number of fused-ring (bicyclic) bond motifs is 1. The van der Waals surface area contributed by atoms with Gasteiger partial charge in [-0.05, 0) is 69.9 Å². The van der Waals surface area contributed by atoms with Crippen LogP contribution in [0.5, 0.6) is 5.75 Å². The highest BCUT2D eigenvalue weighted by Gasteiger charge is 2.57. The minimum Gasteiger partial charge on any atom is -0.494 e. The van der Waals surface area contributed by atoms with E-state index in [1.807, 2.05) is 0 Å². The molecule has 1 aliphatic carbocycles. The van der Waals surface area contributed by atoms with E-state index in [0.29, 0.717) is 29.8 Å². The van der Waals surface area contributed by atoms with Gasteiger partial charge in [0.15, 0.2) is 0 Å². The van der Waals surface area contributed by atoms with Crippen LogP contribution in [0.1, 0.15) is 85.1 Å². The number of hydrogen-bond donors (Lipinski definition) is 0. The molecule has 0 bridgehead atoms. The summed E-state index contributed by atoms with van der Waals surface area (Å²) in [7, 11) is 0. The summed E-state index contributed by atoms with van der Waals surface area (Å²) < 4.78 is 5.99. The molecule has 27 heavy (non-hydrogen) atoms. The smallest absolute Gasteiger partial charge is 0.122 e. The van der Waals surface area contributed by atoms with Gasteiger partial charge in [0, 0.05) is 18.0 Å². The predicted molar refractivity (Wildman–Crippen MR) is 112 cm³/mol. The fraction of sp³-hybridized carbons (Fsp3) is 0.750. The first kappa shape index (κ1) is 20.7. The first-order valence-corrected chi connectivity index (χ1v) is 11.2. The molecule has 1 aliphatic heterocycles. The summed E-state index contributed by atoms with van der Waals surface area (Å²) >= 11 is 0. The average Bonchev–Trinajstić information content (AvgIpc) is 3.03. The van der Waals surface area contributed by atoms with Gasteiger partial charge in [0.05, 0.1) is 12.2 Å². The van der Waals surface area contributed by atoms with Crippen molar-refractivity contribution in [3.05, 3.63) is 29.8 Å². The summed E-state index contributed by atoms with van der Waals surface area (Å²) in [4.78, 5) is 6.75. The largest absolute Gasteiger partial charge is 0.494 e. The Kier molecular flexibility index (Phi) is 6.53. The molecule has 2 aliphatic rings. The second kappa shape index (κ2) is 8.53. The molecule has 2 fully saturated rings. The van der Waals surface area contributed by atoms with E-state index in [0.717, 1.165) is 25.2 Å². The van der Waals surface area contributed by atoms with Crippen molar-refractivity contribution in [1.82, 2.24) is 5.06 Å². The van der Waals surface area contributed by atoms with Crippen LogP contribution < -0.4 is 4.74 Å². The highest BCUT2D eigenvalue weighted by atomic mass is 16.7. The summed E-state index contributed by atoms with van der Waals surface area (Å²) in [5.41, 5.74) is 1.39. The summed E-state index contributed by atoms with van der Waals surface area (Å²) in [5.74, 6) is 2.91. The van der Waals surface area contributed by atoms with E-state index in [9.17, 15) is 0 Å². The molecule has 1 heterocycles. The number of benzene rings is 1. The molecule has 4 atom stereocenters. The Labute approximate surface area is 166 Å². The van der Waals surface area contributed by atoms with Crippen molar-refractivity contribution in [2.75, 3.05) is 6.61 Å². The Morgan fingerprint density at radius 1 is 1.11 bits per heavy atom. The number of hydrogen-bond acceptors (Lipinski definition) is 3. The second-order valence-electron chi connectivity index (χ2n) is 8.72. The van der Waals surface area contributed by atoms with Gasteiger partial charge in [0.2, 0.25) is 0 Å². The highest BCUT2D eigenvalue weighted by molar-refractivity contribution is 5.37. The van der Waals surface area contributed by atoms with Crippen LogP contribution in [0.3, 0.4) is 0 Å². The molecule has 0 radical (unpaired) electrons. The van der Waals surface area contributed by atoms with Gasteiger partial charge in [-0.3, -0.25) is 4.84 Å². The van der Waals surface area contributed by atoms with Gasteiger partial charge in [-0.1, -0.05) is 45.4 Å². The van der Waals surface area contributed by atoms with Gasteiger partial charge in [-0.25, -0.2) is 0 Å². The van der Waals surface area contributed by atoms with Crippen molar-refractivity contribution in [3.63, 3.8) is 0 Å². The highest BCUT2D eigenvalue weighted by Crippen LogP contribution is 2.55. The third-order valence-electron chi connectivity index (χ3n) is 7.17. The molecule has 0 N–H and O–H groups in total.